The predicted molar refractivity (Wildman–Crippen MR) is 105 cm³/mol. The molecule has 0 heterocycles. The molecule has 0 saturated heterocycles. The highest BCUT2D eigenvalue weighted by Crippen LogP contribution is 2.25. The molecule has 0 atom stereocenters. The molecule has 0 amide bonds. The third-order valence-corrected chi connectivity index (χ3v) is 4.18. The van der Waals surface area contributed by atoms with Gasteiger partial charge in [-0.1, -0.05) is 60.7 Å². The van der Waals surface area contributed by atoms with Crippen LogP contribution in [0.1, 0.15) is 17.5 Å². The summed E-state index contributed by atoms with van der Waals surface area (Å²) in [6.07, 6.45) is 1.02. The fourth-order valence-corrected chi connectivity index (χ4v) is 2.79. The first kappa shape index (κ1) is 18.3. The minimum atomic E-state index is -1.32. The lowest BCUT2D eigenvalue weighted by Crippen LogP contribution is -2.04. The van der Waals surface area contributed by atoms with Gasteiger partial charge < -0.3 is 14.9 Å². The van der Waals surface area contributed by atoms with Crippen LogP contribution in [0, 0.1) is 0 Å². The number of ether oxygens (including phenoxy) is 1. The molecule has 3 rings (SSSR count). The average Bonchev–Trinajstić information content (AvgIpc) is 2.71. The van der Waals surface area contributed by atoms with Crippen LogP contribution in [0.15, 0.2) is 90.7 Å². The van der Waals surface area contributed by atoms with Crippen molar-refractivity contribution in [2.45, 2.75) is 12.8 Å². The SMILES string of the molecule is O=C(O)/C(O)=C(/CCc1ccc(Oc2ccccc2)cc1)c1ccccc1. The summed E-state index contributed by atoms with van der Waals surface area (Å²) in [5, 5.41) is 19.1. The molecule has 0 aromatic heterocycles. The molecule has 0 saturated carbocycles. The zero-order valence-electron chi connectivity index (χ0n) is 14.7. The molecule has 3 aromatic rings. The van der Waals surface area contributed by atoms with Gasteiger partial charge in [-0.15, -0.1) is 0 Å². The fraction of sp³-hybridized carbons (Fsp3) is 0.0870. The number of aliphatic hydroxyl groups excluding tert-OH is 1. The van der Waals surface area contributed by atoms with E-state index >= 15 is 0 Å². The lowest BCUT2D eigenvalue weighted by molar-refractivity contribution is -0.135. The smallest absolute Gasteiger partial charge is 0.371 e. The quantitative estimate of drug-likeness (QED) is 0.433. The molecule has 0 aliphatic rings. The number of carbonyl (C=O) groups is 1. The van der Waals surface area contributed by atoms with Gasteiger partial charge >= 0.3 is 5.97 Å². The van der Waals surface area contributed by atoms with E-state index in [4.69, 9.17) is 9.84 Å². The number of para-hydroxylation sites is 1. The number of allylic oxidation sites excluding steroid dienone is 1. The summed E-state index contributed by atoms with van der Waals surface area (Å²) in [6.45, 7) is 0. The third kappa shape index (κ3) is 4.98. The Kier molecular flexibility index (Phi) is 5.90. The second-order valence-electron chi connectivity index (χ2n) is 6.06. The summed E-state index contributed by atoms with van der Waals surface area (Å²) in [7, 11) is 0. The molecule has 3 aromatic carbocycles. The molecule has 0 fully saturated rings. The Morgan fingerprint density at radius 3 is 1.89 bits per heavy atom. The van der Waals surface area contributed by atoms with Gasteiger partial charge in [0.15, 0.2) is 0 Å². The number of benzene rings is 3. The van der Waals surface area contributed by atoms with E-state index in [0.717, 1.165) is 17.1 Å². The highest BCUT2D eigenvalue weighted by atomic mass is 16.5. The predicted octanol–water partition coefficient (Wildman–Crippen LogP) is 5.47. The number of hydrogen-bond acceptors (Lipinski definition) is 3. The molecule has 0 radical (unpaired) electrons. The van der Waals surface area contributed by atoms with Gasteiger partial charge in [-0.3, -0.25) is 0 Å². The number of aliphatic carboxylic acids is 1. The highest BCUT2D eigenvalue weighted by molar-refractivity contribution is 5.93. The van der Waals surface area contributed by atoms with Gasteiger partial charge in [0.1, 0.15) is 11.5 Å². The van der Waals surface area contributed by atoms with Crippen LogP contribution in [0.25, 0.3) is 5.57 Å². The summed E-state index contributed by atoms with van der Waals surface area (Å²) in [5.74, 6) is -0.422. The number of carboxylic acid groups (broad SMARTS) is 1. The summed E-state index contributed by atoms with van der Waals surface area (Å²) >= 11 is 0. The van der Waals surface area contributed by atoms with Crippen LogP contribution in [-0.2, 0) is 11.2 Å². The lowest BCUT2D eigenvalue weighted by atomic mass is 9.97. The van der Waals surface area contributed by atoms with Crippen LogP contribution in [0.5, 0.6) is 11.5 Å². The van der Waals surface area contributed by atoms with E-state index in [2.05, 4.69) is 0 Å². The van der Waals surface area contributed by atoms with E-state index in [1.165, 1.54) is 0 Å². The zero-order valence-corrected chi connectivity index (χ0v) is 14.7. The Morgan fingerprint density at radius 1 is 0.741 bits per heavy atom. The Morgan fingerprint density at radius 2 is 1.30 bits per heavy atom. The van der Waals surface area contributed by atoms with Crippen molar-refractivity contribution in [1.82, 2.24) is 0 Å². The van der Waals surface area contributed by atoms with Crippen LogP contribution < -0.4 is 4.74 Å². The first-order valence-electron chi connectivity index (χ1n) is 8.66. The second-order valence-corrected chi connectivity index (χ2v) is 6.06. The van der Waals surface area contributed by atoms with Crippen molar-refractivity contribution in [1.29, 1.82) is 0 Å². The van der Waals surface area contributed by atoms with E-state index in [9.17, 15) is 9.90 Å². The van der Waals surface area contributed by atoms with Crippen molar-refractivity contribution < 1.29 is 19.7 Å². The molecule has 0 unspecified atom stereocenters. The Balaban J connectivity index is 1.70. The lowest BCUT2D eigenvalue weighted by Gasteiger charge is -2.10. The topological polar surface area (TPSA) is 66.8 Å². The highest BCUT2D eigenvalue weighted by Gasteiger charge is 2.14. The second kappa shape index (κ2) is 8.72. The molecule has 4 heteroatoms. The summed E-state index contributed by atoms with van der Waals surface area (Å²) < 4.78 is 5.77. The van der Waals surface area contributed by atoms with Crippen molar-refractivity contribution in [3.63, 3.8) is 0 Å². The summed E-state index contributed by atoms with van der Waals surface area (Å²) in [4.78, 5) is 11.2. The standard InChI is InChI=1S/C23H20O4/c24-22(23(25)26)21(18-7-3-1-4-8-18)16-13-17-11-14-20(15-12-17)27-19-9-5-2-6-10-19/h1-12,14-15,24H,13,16H2,(H,25,26)/b22-21+. The third-order valence-electron chi connectivity index (χ3n) is 4.18. The van der Waals surface area contributed by atoms with Crippen molar-refractivity contribution >= 4 is 11.5 Å². The van der Waals surface area contributed by atoms with Gasteiger partial charge in [0, 0.05) is 5.57 Å². The van der Waals surface area contributed by atoms with Crippen LogP contribution in [0.2, 0.25) is 0 Å². The van der Waals surface area contributed by atoms with E-state index in [0.29, 0.717) is 24.0 Å². The van der Waals surface area contributed by atoms with Crippen LogP contribution in [0.4, 0.5) is 0 Å². The first-order valence-corrected chi connectivity index (χ1v) is 8.66. The largest absolute Gasteiger partial charge is 0.502 e. The summed E-state index contributed by atoms with van der Waals surface area (Å²) in [5.41, 5.74) is 2.16. The van der Waals surface area contributed by atoms with Crippen molar-refractivity contribution in [2.75, 3.05) is 0 Å². The monoisotopic (exact) mass is 360 g/mol. The van der Waals surface area contributed by atoms with Gasteiger partial charge in [-0.2, -0.15) is 0 Å². The Hall–Kier alpha value is -3.53. The maximum Gasteiger partial charge on any atom is 0.371 e. The number of rotatable bonds is 7. The van der Waals surface area contributed by atoms with Gasteiger partial charge in [0.25, 0.3) is 0 Å². The van der Waals surface area contributed by atoms with Gasteiger partial charge in [0.05, 0.1) is 0 Å². The normalized spacial score (nSPS) is 11.6. The Labute approximate surface area is 158 Å². The fourth-order valence-electron chi connectivity index (χ4n) is 2.79. The zero-order chi connectivity index (χ0) is 19.1. The van der Waals surface area contributed by atoms with Crippen molar-refractivity contribution in [3.05, 3.63) is 102 Å². The average molecular weight is 360 g/mol. The molecule has 136 valence electrons. The van der Waals surface area contributed by atoms with E-state index in [1.54, 1.807) is 12.1 Å². The molecular weight excluding hydrogens is 340 g/mol. The molecule has 2 N–H and O–H groups in total. The van der Waals surface area contributed by atoms with Crippen molar-refractivity contribution in [3.8, 4) is 11.5 Å². The van der Waals surface area contributed by atoms with Gasteiger partial charge in [-0.05, 0) is 48.2 Å². The minimum absolute atomic E-state index is 0.418. The molecular formula is C23H20O4. The van der Waals surface area contributed by atoms with Crippen LogP contribution >= 0.6 is 0 Å². The molecule has 0 aliphatic heterocycles. The van der Waals surface area contributed by atoms with E-state index in [1.807, 2.05) is 72.8 Å². The summed E-state index contributed by atoms with van der Waals surface area (Å²) in [6, 6.07) is 26.3. The van der Waals surface area contributed by atoms with Gasteiger partial charge in [0.2, 0.25) is 5.76 Å². The maximum atomic E-state index is 11.2. The molecule has 0 aliphatic carbocycles. The van der Waals surface area contributed by atoms with E-state index in [-0.39, 0.29) is 0 Å². The molecule has 27 heavy (non-hydrogen) atoms. The molecule has 4 nitrogen and oxygen atoms in total. The van der Waals surface area contributed by atoms with Gasteiger partial charge in [-0.25, -0.2) is 4.79 Å². The van der Waals surface area contributed by atoms with E-state index < -0.39 is 11.7 Å². The maximum absolute atomic E-state index is 11.2. The number of hydrogen-bond donors (Lipinski definition) is 2. The Bertz CT molecular complexity index is 914. The van der Waals surface area contributed by atoms with Crippen LogP contribution in [0.3, 0.4) is 0 Å². The molecule has 0 bridgehead atoms. The first-order chi connectivity index (χ1) is 13.1. The molecule has 0 spiro atoms. The minimum Gasteiger partial charge on any atom is -0.502 e. The van der Waals surface area contributed by atoms with Crippen LogP contribution in [-0.4, -0.2) is 16.2 Å². The number of carboxylic acids is 1. The number of aliphatic hydroxyl groups is 1. The van der Waals surface area contributed by atoms with Crippen molar-refractivity contribution in [2.24, 2.45) is 0 Å². The number of aryl methyl sites for hydroxylation is 1.